The van der Waals surface area contributed by atoms with E-state index in [0.717, 1.165) is 25.5 Å². The average molecular weight is 265 g/mol. The normalized spacial score (nSPS) is 27.3. The van der Waals surface area contributed by atoms with Crippen LogP contribution in [0.2, 0.25) is 0 Å². The van der Waals surface area contributed by atoms with E-state index in [0.29, 0.717) is 12.5 Å². The highest BCUT2D eigenvalue weighted by atomic mass is 16.6. The Kier molecular flexibility index (Phi) is 3.45. The van der Waals surface area contributed by atoms with Crippen molar-refractivity contribution in [2.24, 2.45) is 11.3 Å². The average Bonchev–Trinajstić information content (AvgIpc) is 3.19. The molecule has 2 aliphatic rings. The second-order valence-electron chi connectivity index (χ2n) is 6.79. The lowest BCUT2D eigenvalue weighted by atomic mass is 10.1. The maximum absolute atomic E-state index is 12.3. The van der Waals surface area contributed by atoms with Crippen LogP contribution >= 0.6 is 0 Å². The molecule has 2 atom stereocenters. The van der Waals surface area contributed by atoms with Crippen molar-refractivity contribution in [1.29, 1.82) is 0 Å². The summed E-state index contributed by atoms with van der Waals surface area (Å²) in [6.45, 7) is 9.82. The summed E-state index contributed by atoms with van der Waals surface area (Å²) in [5.74, 6) is 0.343. The lowest BCUT2D eigenvalue weighted by Crippen LogP contribution is -2.42. The summed E-state index contributed by atoms with van der Waals surface area (Å²) in [6, 6.07) is 0.157. The maximum Gasteiger partial charge on any atom is 0.410 e. The molecule has 0 aromatic heterocycles. The molecule has 0 aromatic carbocycles. The molecule has 2 rings (SSSR count). The lowest BCUT2D eigenvalue weighted by Gasteiger charge is -2.29. The molecule has 2 saturated carbocycles. The van der Waals surface area contributed by atoms with Crippen molar-refractivity contribution in [3.8, 4) is 0 Å². The van der Waals surface area contributed by atoms with Gasteiger partial charge < -0.3 is 14.4 Å². The van der Waals surface area contributed by atoms with Gasteiger partial charge in [-0.3, -0.25) is 0 Å². The first-order valence-corrected chi connectivity index (χ1v) is 6.89. The van der Waals surface area contributed by atoms with Crippen LogP contribution in [-0.2, 0) is 9.53 Å². The summed E-state index contributed by atoms with van der Waals surface area (Å²) < 4.78 is 5.45. The van der Waals surface area contributed by atoms with Gasteiger partial charge in [-0.05, 0) is 46.0 Å². The van der Waals surface area contributed by atoms with Gasteiger partial charge in [0.1, 0.15) is 11.9 Å². The number of carbonyl (C=O) groups is 2. The van der Waals surface area contributed by atoms with E-state index >= 15 is 0 Å². The standard InChI is InChI=1S/C15H23NO3/c1-5-11-8-12(11)16(9-15(10-17)6-7-15)13(18)19-14(2,3)4/h5,10-12H,1,6-9H2,2-4H3/t11-,12-/m1/s1. The Labute approximate surface area is 114 Å². The number of rotatable bonds is 5. The minimum absolute atomic E-state index is 0.157. The summed E-state index contributed by atoms with van der Waals surface area (Å²) in [5, 5.41) is 0. The zero-order valence-corrected chi connectivity index (χ0v) is 12.0. The Morgan fingerprint density at radius 2 is 2.11 bits per heavy atom. The number of nitrogens with zero attached hydrogens (tertiary/aromatic N) is 1. The fourth-order valence-corrected chi connectivity index (χ4v) is 2.26. The molecule has 19 heavy (non-hydrogen) atoms. The minimum atomic E-state index is -0.508. The van der Waals surface area contributed by atoms with Crippen LogP contribution < -0.4 is 0 Å². The highest BCUT2D eigenvalue weighted by Gasteiger charge is 2.51. The van der Waals surface area contributed by atoms with Crippen molar-refractivity contribution in [2.45, 2.75) is 51.7 Å². The van der Waals surface area contributed by atoms with Crippen LogP contribution in [0.4, 0.5) is 4.79 Å². The molecule has 2 aliphatic carbocycles. The summed E-state index contributed by atoms with van der Waals surface area (Å²) >= 11 is 0. The van der Waals surface area contributed by atoms with E-state index in [4.69, 9.17) is 4.74 Å². The molecule has 0 radical (unpaired) electrons. The zero-order chi connectivity index (χ0) is 14.3. The third-order valence-electron chi connectivity index (χ3n) is 3.76. The molecule has 4 heteroatoms. The number of amides is 1. The smallest absolute Gasteiger partial charge is 0.410 e. The topological polar surface area (TPSA) is 46.6 Å². The molecule has 0 aliphatic heterocycles. The van der Waals surface area contributed by atoms with E-state index < -0.39 is 5.60 Å². The molecule has 2 fully saturated rings. The van der Waals surface area contributed by atoms with Gasteiger partial charge in [0.15, 0.2) is 0 Å². The number of hydrogen-bond donors (Lipinski definition) is 0. The van der Waals surface area contributed by atoms with E-state index in [2.05, 4.69) is 6.58 Å². The fraction of sp³-hybridized carbons (Fsp3) is 0.733. The van der Waals surface area contributed by atoms with Crippen LogP contribution in [0.15, 0.2) is 12.7 Å². The van der Waals surface area contributed by atoms with Gasteiger partial charge in [-0.15, -0.1) is 6.58 Å². The van der Waals surface area contributed by atoms with E-state index in [1.807, 2.05) is 26.8 Å². The quantitative estimate of drug-likeness (QED) is 0.567. The largest absolute Gasteiger partial charge is 0.444 e. The Bertz CT molecular complexity index is 393. The minimum Gasteiger partial charge on any atom is -0.444 e. The predicted octanol–water partition coefficient (Wildman–Crippen LogP) is 2.78. The van der Waals surface area contributed by atoms with E-state index in [1.54, 1.807) is 4.90 Å². The SMILES string of the molecule is C=C[C@@H]1C[C@H]1N(CC1(C=O)CC1)C(=O)OC(C)(C)C. The van der Waals surface area contributed by atoms with Gasteiger partial charge >= 0.3 is 6.09 Å². The first kappa shape index (κ1) is 14.1. The molecule has 0 unspecified atom stereocenters. The number of hydrogen-bond acceptors (Lipinski definition) is 3. The second-order valence-corrected chi connectivity index (χ2v) is 6.79. The van der Waals surface area contributed by atoms with Crippen LogP contribution in [0.5, 0.6) is 0 Å². The van der Waals surface area contributed by atoms with Gasteiger partial charge in [-0.1, -0.05) is 6.08 Å². The molecule has 1 amide bonds. The Hall–Kier alpha value is -1.32. The van der Waals surface area contributed by atoms with Gasteiger partial charge in [0.05, 0.1) is 0 Å². The summed E-state index contributed by atoms with van der Waals surface area (Å²) in [4.78, 5) is 25.1. The van der Waals surface area contributed by atoms with Crippen LogP contribution in [0.25, 0.3) is 0 Å². The summed E-state index contributed by atoms with van der Waals surface area (Å²) in [6.07, 6.45) is 5.24. The number of ether oxygens (including phenoxy) is 1. The molecule has 0 heterocycles. The summed E-state index contributed by atoms with van der Waals surface area (Å²) in [7, 11) is 0. The highest BCUT2D eigenvalue weighted by molar-refractivity contribution is 5.71. The fourth-order valence-electron chi connectivity index (χ4n) is 2.26. The van der Waals surface area contributed by atoms with Crippen molar-refractivity contribution in [3.63, 3.8) is 0 Å². The van der Waals surface area contributed by atoms with Crippen molar-refractivity contribution in [3.05, 3.63) is 12.7 Å². The van der Waals surface area contributed by atoms with Gasteiger partial charge in [0.2, 0.25) is 0 Å². The van der Waals surface area contributed by atoms with Crippen LogP contribution in [0.1, 0.15) is 40.0 Å². The molecular weight excluding hydrogens is 242 g/mol. The van der Waals surface area contributed by atoms with Gasteiger partial charge in [0, 0.05) is 18.0 Å². The molecular formula is C15H23NO3. The molecule has 0 N–H and O–H groups in total. The monoisotopic (exact) mass is 265 g/mol. The Morgan fingerprint density at radius 1 is 1.47 bits per heavy atom. The molecule has 4 nitrogen and oxygen atoms in total. The van der Waals surface area contributed by atoms with Crippen LogP contribution in [0, 0.1) is 11.3 Å². The second kappa shape index (κ2) is 4.66. The Balaban J connectivity index is 2.04. The van der Waals surface area contributed by atoms with Crippen LogP contribution in [-0.4, -0.2) is 35.5 Å². The van der Waals surface area contributed by atoms with Gasteiger partial charge in [-0.2, -0.15) is 0 Å². The van der Waals surface area contributed by atoms with E-state index in [9.17, 15) is 9.59 Å². The Morgan fingerprint density at radius 3 is 2.47 bits per heavy atom. The van der Waals surface area contributed by atoms with Gasteiger partial charge in [0.25, 0.3) is 0 Å². The first-order chi connectivity index (χ1) is 8.80. The third-order valence-corrected chi connectivity index (χ3v) is 3.76. The highest BCUT2D eigenvalue weighted by Crippen LogP contribution is 2.47. The van der Waals surface area contributed by atoms with Crippen LogP contribution in [0.3, 0.4) is 0 Å². The first-order valence-electron chi connectivity index (χ1n) is 6.89. The van der Waals surface area contributed by atoms with Gasteiger partial charge in [-0.25, -0.2) is 4.79 Å². The van der Waals surface area contributed by atoms with E-state index in [1.165, 1.54) is 0 Å². The maximum atomic E-state index is 12.3. The van der Waals surface area contributed by atoms with Crippen molar-refractivity contribution in [1.82, 2.24) is 4.90 Å². The number of aldehydes is 1. The summed E-state index contributed by atoms with van der Waals surface area (Å²) in [5.41, 5.74) is -0.822. The van der Waals surface area contributed by atoms with Crippen molar-refractivity contribution in [2.75, 3.05) is 6.54 Å². The molecule has 0 saturated heterocycles. The zero-order valence-electron chi connectivity index (χ0n) is 12.0. The molecule has 0 aromatic rings. The molecule has 0 bridgehead atoms. The van der Waals surface area contributed by atoms with E-state index in [-0.39, 0.29) is 17.6 Å². The van der Waals surface area contributed by atoms with Crippen molar-refractivity contribution < 1.29 is 14.3 Å². The van der Waals surface area contributed by atoms with Crippen molar-refractivity contribution >= 4 is 12.4 Å². The lowest BCUT2D eigenvalue weighted by molar-refractivity contribution is -0.112. The molecule has 0 spiro atoms. The third kappa shape index (κ3) is 3.37. The predicted molar refractivity (Wildman–Crippen MR) is 72.8 cm³/mol. The molecule has 106 valence electrons. The number of carbonyl (C=O) groups excluding carboxylic acids is 2.